The second-order valence-electron chi connectivity index (χ2n) is 6.39. The Bertz CT molecular complexity index is 976. The van der Waals surface area contributed by atoms with E-state index in [-0.39, 0.29) is 6.61 Å². The number of nitrogens with zero attached hydrogens (tertiary/aromatic N) is 2. The number of nitrogens with two attached hydrogens (primary N) is 2. The normalized spacial score (nSPS) is 10.4. The minimum Gasteiger partial charge on any atom is -0.473 e. The van der Waals surface area contributed by atoms with Gasteiger partial charge in [0, 0.05) is 22.9 Å². The fourth-order valence-electron chi connectivity index (χ4n) is 2.92. The van der Waals surface area contributed by atoms with E-state index in [9.17, 15) is 4.79 Å². The number of carbonyl (C=O) groups excluding carboxylic acids is 1. The predicted octanol–water partition coefficient (Wildman–Crippen LogP) is 3.21. The smallest absolute Gasteiger partial charge is 0.350 e. The lowest BCUT2D eigenvalue weighted by atomic mass is 10.1. The van der Waals surface area contributed by atoms with Crippen LogP contribution in [-0.2, 0) is 6.61 Å². The van der Waals surface area contributed by atoms with Gasteiger partial charge in [0.2, 0.25) is 5.88 Å². The van der Waals surface area contributed by atoms with Gasteiger partial charge in [-0.25, -0.2) is 26.5 Å². The highest BCUT2D eigenvalue weighted by atomic mass is 16.5. The number of aryl methyl sites for hydroxylation is 2. The lowest BCUT2D eigenvalue weighted by Crippen LogP contribution is -2.48. The first-order chi connectivity index (χ1) is 13.5. The van der Waals surface area contributed by atoms with Gasteiger partial charge in [0.15, 0.2) is 0 Å². The van der Waals surface area contributed by atoms with Crippen molar-refractivity contribution in [3.63, 3.8) is 0 Å². The molecule has 1 aromatic heterocycles. The zero-order chi connectivity index (χ0) is 20.1. The molecule has 0 aliphatic carbocycles. The van der Waals surface area contributed by atoms with E-state index in [0.29, 0.717) is 11.6 Å². The summed E-state index contributed by atoms with van der Waals surface area (Å²) in [5.41, 5.74) is 7.29. The summed E-state index contributed by atoms with van der Waals surface area (Å²) >= 11 is 0. The Morgan fingerprint density at radius 3 is 2.50 bits per heavy atom. The average Bonchev–Trinajstić information content (AvgIpc) is 2.73. The van der Waals surface area contributed by atoms with Gasteiger partial charge in [0.1, 0.15) is 6.61 Å². The summed E-state index contributed by atoms with van der Waals surface area (Å²) in [5.74, 6) is 11.6. The zero-order valence-electron chi connectivity index (χ0n) is 15.8. The van der Waals surface area contributed by atoms with Gasteiger partial charge < -0.3 is 4.74 Å². The van der Waals surface area contributed by atoms with E-state index in [1.165, 1.54) is 0 Å². The summed E-state index contributed by atoms with van der Waals surface area (Å²) in [6.45, 7) is 4.09. The number of ether oxygens (including phenoxy) is 1. The Morgan fingerprint density at radius 1 is 1.07 bits per heavy atom. The number of hydrazine groups is 2. The third-order valence-electron chi connectivity index (χ3n) is 4.48. The van der Waals surface area contributed by atoms with E-state index in [1.807, 2.05) is 67.8 Å². The summed E-state index contributed by atoms with van der Waals surface area (Å²) in [4.78, 5) is 16.2. The van der Waals surface area contributed by atoms with Crippen LogP contribution in [0.1, 0.15) is 16.7 Å². The average molecular weight is 377 g/mol. The van der Waals surface area contributed by atoms with Gasteiger partial charge in [-0.05, 0) is 37.1 Å². The number of nitrogens with one attached hydrogen (secondary N) is 1. The Balaban J connectivity index is 1.82. The molecule has 3 rings (SSSR count). The van der Waals surface area contributed by atoms with E-state index < -0.39 is 6.03 Å². The van der Waals surface area contributed by atoms with Gasteiger partial charge in [0.05, 0.1) is 5.69 Å². The highest BCUT2D eigenvalue weighted by Crippen LogP contribution is 2.27. The summed E-state index contributed by atoms with van der Waals surface area (Å²) in [7, 11) is 0. The van der Waals surface area contributed by atoms with Gasteiger partial charge in [-0.3, -0.25) is 5.43 Å². The van der Waals surface area contributed by atoms with Crippen molar-refractivity contribution in [2.45, 2.75) is 20.5 Å². The van der Waals surface area contributed by atoms with Crippen molar-refractivity contribution in [1.82, 2.24) is 10.4 Å². The van der Waals surface area contributed by atoms with Gasteiger partial charge in [0.25, 0.3) is 0 Å². The molecule has 7 nitrogen and oxygen atoms in total. The number of aromatic nitrogens is 1. The fourth-order valence-corrected chi connectivity index (χ4v) is 2.92. The first-order valence-electron chi connectivity index (χ1n) is 8.80. The molecule has 2 aromatic carbocycles. The number of anilines is 1. The maximum Gasteiger partial charge on any atom is 0.350 e. The standard InChI is InChI=1S/C21H23N5O2/c1-14-7-6-10-19(26(23)21(27)25-22)18(14)13-28-20-15(2)11-17(12-24-20)16-8-4-3-5-9-16/h3-12H,13,22-23H2,1-2H3,(H,25,27). The van der Waals surface area contributed by atoms with E-state index in [1.54, 1.807) is 12.3 Å². The largest absolute Gasteiger partial charge is 0.473 e. The molecule has 144 valence electrons. The first-order valence-corrected chi connectivity index (χ1v) is 8.80. The number of hydrogen-bond acceptors (Lipinski definition) is 5. The summed E-state index contributed by atoms with van der Waals surface area (Å²) in [5, 5.41) is 0.963. The maximum atomic E-state index is 11.8. The molecule has 1 heterocycles. The van der Waals surface area contributed by atoms with Crippen molar-refractivity contribution in [2.75, 3.05) is 5.01 Å². The molecule has 0 aliphatic rings. The molecule has 2 amide bonds. The van der Waals surface area contributed by atoms with Crippen molar-refractivity contribution in [3.05, 3.63) is 77.5 Å². The van der Waals surface area contributed by atoms with Gasteiger partial charge in [-0.1, -0.05) is 42.5 Å². The number of urea groups is 1. The molecule has 28 heavy (non-hydrogen) atoms. The van der Waals surface area contributed by atoms with Crippen LogP contribution < -0.4 is 26.9 Å². The van der Waals surface area contributed by atoms with E-state index in [0.717, 1.165) is 32.8 Å². The highest BCUT2D eigenvalue weighted by molar-refractivity contribution is 5.91. The number of pyridine rings is 1. The Labute approximate surface area is 163 Å². The van der Waals surface area contributed by atoms with Crippen LogP contribution in [0.15, 0.2) is 60.8 Å². The molecular formula is C21H23N5O2. The molecule has 0 saturated heterocycles. The monoisotopic (exact) mass is 377 g/mol. The van der Waals surface area contributed by atoms with Crippen molar-refractivity contribution in [3.8, 4) is 17.0 Å². The van der Waals surface area contributed by atoms with Crippen LogP contribution in [0.4, 0.5) is 10.5 Å². The fraction of sp³-hybridized carbons (Fsp3) is 0.143. The second kappa shape index (κ2) is 8.51. The van der Waals surface area contributed by atoms with Crippen LogP contribution in [-0.4, -0.2) is 11.0 Å². The van der Waals surface area contributed by atoms with Crippen LogP contribution in [0.5, 0.6) is 5.88 Å². The second-order valence-corrected chi connectivity index (χ2v) is 6.39. The molecular weight excluding hydrogens is 354 g/mol. The van der Waals surface area contributed by atoms with Crippen molar-refractivity contribution in [2.24, 2.45) is 11.7 Å². The third kappa shape index (κ3) is 4.11. The maximum absolute atomic E-state index is 11.8. The topological polar surface area (TPSA) is 106 Å². The van der Waals surface area contributed by atoms with Gasteiger partial charge >= 0.3 is 6.03 Å². The molecule has 0 bridgehead atoms. The van der Waals surface area contributed by atoms with Crippen LogP contribution in [0.25, 0.3) is 11.1 Å². The SMILES string of the molecule is Cc1cc(-c2ccccc2)cnc1OCc1c(C)cccc1N(N)C(=O)NN. The molecule has 3 aromatic rings. The lowest BCUT2D eigenvalue weighted by Gasteiger charge is -2.21. The van der Waals surface area contributed by atoms with E-state index in [2.05, 4.69) is 4.98 Å². The molecule has 0 spiro atoms. The number of amides is 2. The molecule has 5 N–H and O–H groups in total. The Hall–Kier alpha value is -3.42. The Morgan fingerprint density at radius 2 is 1.82 bits per heavy atom. The van der Waals surface area contributed by atoms with Crippen molar-refractivity contribution >= 4 is 11.7 Å². The molecule has 0 atom stereocenters. The zero-order valence-corrected chi connectivity index (χ0v) is 15.8. The van der Waals surface area contributed by atoms with E-state index in [4.69, 9.17) is 16.4 Å². The predicted molar refractivity (Wildman–Crippen MR) is 109 cm³/mol. The van der Waals surface area contributed by atoms with Gasteiger partial charge in [-0.2, -0.15) is 0 Å². The summed E-state index contributed by atoms with van der Waals surface area (Å²) < 4.78 is 5.94. The van der Waals surface area contributed by atoms with Crippen LogP contribution in [0, 0.1) is 13.8 Å². The molecule has 0 aliphatic heterocycles. The Kier molecular flexibility index (Phi) is 5.88. The summed E-state index contributed by atoms with van der Waals surface area (Å²) in [6.07, 6.45) is 1.79. The first kappa shape index (κ1) is 19.3. The van der Waals surface area contributed by atoms with E-state index >= 15 is 0 Å². The molecule has 0 fully saturated rings. The number of benzene rings is 2. The molecule has 0 saturated carbocycles. The number of carbonyl (C=O) groups is 1. The number of hydrogen-bond donors (Lipinski definition) is 3. The van der Waals surface area contributed by atoms with Crippen LogP contribution >= 0.6 is 0 Å². The third-order valence-corrected chi connectivity index (χ3v) is 4.48. The lowest BCUT2D eigenvalue weighted by molar-refractivity contribution is 0.246. The van der Waals surface area contributed by atoms with Gasteiger partial charge in [-0.15, -0.1) is 0 Å². The molecule has 7 heteroatoms. The van der Waals surface area contributed by atoms with Crippen molar-refractivity contribution < 1.29 is 9.53 Å². The van der Waals surface area contributed by atoms with Crippen molar-refractivity contribution in [1.29, 1.82) is 0 Å². The summed E-state index contributed by atoms with van der Waals surface area (Å²) in [6, 6.07) is 16.9. The quantitative estimate of drug-likeness (QED) is 0.360. The van der Waals surface area contributed by atoms with Crippen LogP contribution in [0.2, 0.25) is 0 Å². The minimum atomic E-state index is -0.617. The number of rotatable bonds is 5. The van der Waals surface area contributed by atoms with Crippen LogP contribution in [0.3, 0.4) is 0 Å². The highest BCUT2D eigenvalue weighted by Gasteiger charge is 2.17. The minimum absolute atomic E-state index is 0.214. The molecule has 0 unspecified atom stereocenters. The molecule has 0 radical (unpaired) electrons.